The Labute approximate surface area is 174 Å². The van der Waals surface area contributed by atoms with Gasteiger partial charge in [-0.15, -0.1) is 0 Å². The number of nitrogens with zero attached hydrogens (tertiary/aromatic N) is 2. The van der Waals surface area contributed by atoms with Crippen LogP contribution >= 0.6 is 0 Å². The highest BCUT2D eigenvalue weighted by Crippen LogP contribution is 2.48. The third-order valence-electron chi connectivity index (χ3n) is 6.68. The molecule has 30 heavy (non-hydrogen) atoms. The first-order valence-electron chi connectivity index (χ1n) is 10.5. The lowest BCUT2D eigenvalue weighted by molar-refractivity contribution is -0.157. The number of amides is 1. The average molecular weight is 413 g/mol. The van der Waals surface area contributed by atoms with E-state index >= 15 is 0 Å². The molecule has 1 spiro atoms. The Morgan fingerprint density at radius 1 is 1.33 bits per heavy atom. The maximum Gasteiger partial charge on any atom is 0.230 e. The molecule has 0 radical (unpaired) electrons. The molecule has 0 unspecified atom stereocenters. The van der Waals surface area contributed by atoms with Crippen LogP contribution in [0.4, 0.5) is 8.78 Å². The molecule has 2 fully saturated rings. The molecule has 2 aromatic rings. The molecule has 0 bridgehead atoms. The summed E-state index contributed by atoms with van der Waals surface area (Å²) in [6.45, 7) is 3.74. The van der Waals surface area contributed by atoms with Gasteiger partial charge in [-0.3, -0.25) is 9.78 Å². The number of fused-ring (bicyclic) bond motifs is 2. The van der Waals surface area contributed by atoms with E-state index in [-0.39, 0.29) is 18.6 Å². The van der Waals surface area contributed by atoms with Crippen molar-refractivity contribution in [3.8, 4) is 0 Å². The maximum atomic E-state index is 14.1. The highest BCUT2D eigenvalue weighted by atomic mass is 19.2. The van der Waals surface area contributed by atoms with Crippen molar-refractivity contribution in [2.24, 2.45) is 5.92 Å². The number of hydrogen-bond acceptors (Lipinski definition) is 4. The first kappa shape index (κ1) is 19.6. The van der Waals surface area contributed by atoms with Crippen LogP contribution in [0, 0.1) is 24.5 Å². The van der Waals surface area contributed by atoms with Gasteiger partial charge < -0.3 is 15.0 Å². The van der Waals surface area contributed by atoms with Crippen LogP contribution in [0.25, 0.3) is 0 Å². The van der Waals surface area contributed by atoms with Gasteiger partial charge in [0.05, 0.1) is 24.8 Å². The quantitative estimate of drug-likeness (QED) is 0.837. The molecule has 1 saturated heterocycles. The van der Waals surface area contributed by atoms with Crippen molar-refractivity contribution in [3.05, 3.63) is 64.5 Å². The van der Waals surface area contributed by atoms with Crippen LogP contribution in [0.2, 0.25) is 0 Å². The lowest BCUT2D eigenvalue weighted by Crippen LogP contribution is -2.55. The zero-order valence-electron chi connectivity index (χ0n) is 17.0. The van der Waals surface area contributed by atoms with E-state index in [1.807, 2.05) is 24.0 Å². The zero-order valence-corrected chi connectivity index (χ0v) is 17.0. The minimum Gasteiger partial charge on any atom is -0.365 e. The number of piperidine rings is 1. The lowest BCUT2D eigenvalue weighted by atomic mass is 9.75. The van der Waals surface area contributed by atoms with Crippen LogP contribution in [-0.4, -0.2) is 34.9 Å². The number of rotatable bonds is 4. The van der Waals surface area contributed by atoms with Crippen molar-refractivity contribution >= 4 is 5.91 Å². The van der Waals surface area contributed by atoms with E-state index < -0.39 is 23.2 Å². The van der Waals surface area contributed by atoms with E-state index in [0.717, 1.165) is 24.1 Å². The fourth-order valence-corrected chi connectivity index (χ4v) is 4.85. The molecule has 1 aromatic heterocycles. The molecule has 5 nitrogen and oxygen atoms in total. The lowest BCUT2D eigenvalue weighted by Gasteiger charge is -2.42. The summed E-state index contributed by atoms with van der Waals surface area (Å²) >= 11 is 0. The number of aromatic nitrogens is 1. The molecule has 1 saturated carbocycles. The Hall–Kier alpha value is -2.38. The molecular formula is C23H25F2N3O2. The summed E-state index contributed by atoms with van der Waals surface area (Å²) in [7, 11) is 0. The summed E-state index contributed by atoms with van der Waals surface area (Å²) in [6.07, 6.45) is 4.24. The van der Waals surface area contributed by atoms with E-state index in [1.54, 1.807) is 6.20 Å². The van der Waals surface area contributed by atoms with E-state index in [1.165, 1.54) is 12.1 Å². The second kappa shape index (κ2) is 7.39. The van der Waals surface area contributed by atoms with Gasteiger partial charge in [-0.05, 0) is 67.6 Å². The minimum absolute atomic E-state index is 0.00710. The van der Waals surface area contributed by atoms with Gasteiger partial charge >= 0.3 is 0 Å². The number of pyridine rings is 1. The molecule has 3 aliphatic rings. The summed E-state index contributed by atoms with van der Waals surface area (Å²) < 4.78 is 34.1. The molecule has 2 atom stereocenters. The SMILES string of the molecule is Cc1cccnc1CN(C(=O)[C@H]1CNCC[C@@]12OCc1cc(F)c(F)cc12)C1CC1. The van der Waals surface area contributed by atoms with Crippen LogP contribution in [0.5, 0.6) is 0 Å². The van der Waals surface area contributed by atoms with Crippen LogP contribution in [0.1, 0.15) is 41.6 Å². The number of benzene rings is 1. The van der Waals surface area contributed by atoms with Crippen molar-refractivity contribution < 1.29 is 18.3 Å². The first-order chi connectivity index (χ1) is 14.5. The predicted octanol–water partition coefficient (Wildman–Crippen LogP) is 3.19. The Bertz CT molecular complexity index is 994. The summed E-state index contributed by atoms with van der Waals surface area (Å²) in [6, 6.07) is 6.52. The highest BCUT2D eigenvalue weighted by molar-refractivity contribution is 5.82. The fourth-order valence-electron chi connectivity index (χ4n) is 4.85. The van der Waals surface area contributed by atoms with Crippen LogP contribution in [0.3, 0.4) is 0 Å². The smallest absolute Gasteiger partial charge is 0.230 e. The average Bonchev–Trinajstić information content (AvgIpc) is 3.53. The Kier molecular flexibility index (Phi) is 4.82. The molecule has 3 heterocycles. The van der Waals surface area contributed by atoms with Crippen molar-refractivity contribution in [1.82, 2.24) is 15.2 Å². The molecule has 1 aromatic carbocycles. The molecule has 1 amide bonds. The second-order valence-corrected chi connectivity index (χ2v) is 8.57. The number of aryl methyl sites for hydroxylation is 1. The molecule has 158 valence electrons. The van der Waals surface area contributed by atoms with Gasteiger partial charge in [0.2, 0.25) is 5.91 Å². The van der Waals surface area contributed by atoms with E-state index in [0.29, 0.717) is 37.2 Å². The van der Waals surface area contributed by atoms with Gasteiger partial charge in [-0.1, -0.05) is 6.07 Å². The van der Waals surface area contributed by atoms with Crippen molar-refractivity contribution in [2.45, 2.75) is 51.0 Å². The maximum absolute atomic E-state index is 14.1. The standard InChI is InChI=1S/C23H25F2N3O2/c1-14-3-2-7-27-21(14)12-28(16-4-5-16)22(29)18-11-26-8-6-23(18)17-10-20(25)19(24)9-15(17)13-30-23/h2-3,7,9-10,16,18,26H,4-6,8,11-13H2,1H3/t18-,23+/m1/s1. The van der Waals surface area contributed by atoms with Crippen LogP contribution in [-0.2, 0) is 28.3 Å². The summed E-state index contributed by atoms with van der Waals surface area (Å²) in [5.41, 5.74) is 2.26. The van der Waals surface area contributed by atoms with Gasteiger partial charge in [-0.2, -0.15) is 0 Å². The first-order valence-corrected chi connectivity index (χ1v) is 10.5. The number of ether oxygens (including phenoxy) is 1. The Morgan fingerprint density at radius 2 is 2.13 bits per heavy atom. The van der Waals surface area contributed by atoms with Gasteiger partial charge in [-0.25, -0.2) is 8.78 Å². The fraction of sp³-hybridized carbons (Fsp3) is 0.478. The van der Waals surface area contributed by atoms with Gasteiger partial charge in [0.1, 0.15) is 5.60 Å². The molecule has 1 N–H and O–H groups in total. The molecule has 1 aliphatic carbocycles. The third kappa shape index (κ3) is 3.20. The molecule has 2 aliphatic heterocycles. The summed E-state index contributed by atoms with van der Waals surface area (Å²) in [5.74, 6) is -2.28. The molecule has 5 rings (SSSR count). The molecule has 7 heteroatoms. The number of halogens is 2. The van der Waals surface area contributed by atoms with E-state index in [4.69, 9.17) is 4.74 Å². The van der Waals surface area contributed by atoms with Crippen molar-refractivity contribution in [1.29, 1.82) is 0 Å². The van der Waals surface area contributed by atoms with Crippen molar-refractivity contribution in [3.63, 3.8) is 0 Å². The number of carbonyl (C=O) groups excluding carboxylic acids is 1. The Morgan fingerprint density at radius 3 is 2.90 bits per heavy atom. The van der Waals surface area contributed by atoms with E-state index in [9.17, 15) is 13.6 Å². The second-order valence-electron chi connectivity index (χ2n) is 8.57. The Balaban J connectivity index is 1.50. The van der Waals surface area contributed by atoms with Gasteiger partial charge in [0.15, 0.2) is 11.6 Å². The number of nitrogens with one attached hydrogen (secondary N) is 1. The summed E-state index contributed by atoms with van der Waals surface area (Å²) in [5, 5.41) is 3.30. The summed E-state index contributed by atoms with van der Waals surface area (Å²) in [4.78, 5) is 20.2. The zero-order chi connectivity index (χ0) is 20.9. The highest BCUT2D eigenvalue weighted by Gasteiger charge is 2.53. The van der Waals surface area contributed by atoms with Gasteiger partial charge in [0, 0.05) is 18.8 Å². The minimum atomic E-state index is -0.918. The van der Waals surface area contributed by atoms with Crippen LogP contribution < -0.4 is 5.32 Å². The number of hydrogen-bond donors (Lipinski definition) is 1. The third-order valence-corrected chi connectivity index (χ3v) is 6.68. The van der Waals surface area contributed by atoms with Crippen LogP contribution in [0.15, 0.2) is 30.5 Å². The largest absolute Gasteiger partial charge is 0.365 e. The topological polar surface area (TPSA) is 54.5 Å². The number of carbonyl (C=O) groups is 1. The normalized spacial score (nSPS) is 25.4. The van der Waals surface area contributed by atoms with Gasteiger partial charge in [0.25, 0.3) is 0 Å². The molecular weight excluding hydrogens is 388 g/mol. The monoisotopic (exact) mass is 413 g/mol. The van der Waals surface area contributed by atoms with Crippen molar-refractivity contribution in [2.75, 3.05) is 13.1 Å². The van der Waals surface area contributed by atoms with E-state index in [2.05, 4.69) is 10.3 Å². The predicted molar refractivity (Wildman–Crippen MR) is 106 cm³/mol.